The van der Waals surface area contributed by atoms with Crippen LogP contribution >= 0.6 is 0 Å². The highest BCUT2D eigenvalue weighted by Crippen LogP contribution is 2.32. The minimum Gasteiger partial charge on any atom is -0.384 e. The lowest BCUT2D eigenvalue weighted by Gasteiger charge is -2.27. The Morgan fingerprint density at radius 1 is 1.29 bits per heavy atom. The molecular formula is C17H19N3O4. The van der Waals surface area contributed by atoms with Gasteiger partial charge in [0.25, 0.3) is 11.8 Å². The summed E-state index contributed by atoms with van der Waals surface area (Å²) >= 11 is 0. The molecule has 2 heterocycles. The van der Waals surface area contributed by atoms with Crippen LogP contribution in [0.15, 0.2) is 18.2 Å². The average Bonchev–Trinajstić information content (AvgIpc) is 2.84. The zero-order valence-electron chi connectivity index (χ0n) is 14.1. The number of carbonyl (C=O) groups is 4. The largest absolute Gasteiger partial charge is 0.384 e. The third-order valence-electron chi connectivity index (χ3n) is 4.21. The van der Waals surface area contributed by atoms with Gasteiger partial charge in [-0.3, -0.25) is 29.4 Å². The predicted molar refractivity (Wildman–Crippen MR) is 86.5 cm³/mol. The molecule has 126 valence electrons. The minimum atomic E-state index is -0.957. The molecule has 1 aromatic rings. The smallest absolute Gasteiger partial charge is 0.264 e. The highest BCUT2D eigenvalue weighted by molar-refractivity contribution is 6.25. The number of benzene rings is 1. The van der Waals surface area contributed by atoms with Crippen molar-refractivity contribution in [1.82, 2.24) is 10.2 Å². The Labute approximate surface area is 140 Å². The van der Waals surface area contributed by atoms with Gasteiger partial charge in [0.05, 0.1) is 11.1 Å². The number of amides is 4. The van der Waals surface area contributed by atoms with Crippen molar-refractivity contribution in [2.75, 3.05) is 11.9 Å². The summed E-state index contributed by atoms with van der Waals surface area (Å²) in [7, 11) is 0. The number of unbranched alkanes of at least 4 members (excludes halogenated alkanes) is 1. The number of imide groups is 2. The molecule has 1 atom stereocenters. The first-order valence-electron chi connectivity index (χ1n) is 8.63. The Morgan fingerprint density at radius 2 is 2.12 bits per heavy atom. The van der Waals surface area contributed by atoms with E-state index in [1.807, 2.05) is 0 Å². The Morgan fingerprint density at radius 3 is 2.88 bits per heavy atom. The van der Waals surface area contributed by atoms with Crippen molar-refractivity contribution in [1.29, 1.82) is 0 Å². The zero-order chi connectivity index (χ0) is 18.0. The van der Waals surface area contributed by atoms with Gasteiger partial charge in [-0.15, -0.1) is 0 Å². The molecule has 1 unspecified atom stereocenters. The van der Waals surface area contributed by atoms with Crippen LogP contribution in [0.1, 0.15) is 54.7 Å². The molecule has 24 heavy (non-hydrogen) atoms. The topological polar surface area (TPSA) is 95.6 Å². The molecular weight excluding hydrogens is 310 g/mol. The van der Waals surface area contributed by atoms with Crippen LogP contribution < -0.4 is 10.6 Å². The molecule has 4 amide bonds. The van der Waals surface area contributed by atoms with Gasteiger partial charge in [-0.1, -0.05) is 19.4 Å². The van der Waals surface area contributed by atoms with Crippen LogP contribution in [0.2, 0.25) is 0 Å². The molecule has 0 aromatic heterocycles. The molecule has 0 bridgehead atoms. The molecule has 2 aliphatic heterocycles. The van der Waals surface area contributed by atoms with Crippen molar-refractivity contribution in [3.8, 4) is 0 Å². The van der Waals surface area contributed by atoms with Crippen LogP contribution in [0.4, 0.5) is 5.69 Å². The first-order chi connectivity index (χ1) is 12.0. The molecule has 0 saturated carbocycles. The van der Waals surface area contributed by atoms with E-state index in [1.54, 1.807) is 18.2 Å². The number of rotatable bonds is 5. The SMILES string of the molecule is [3H]CCCCNc1cccc2c1C(=O)N(C1CCC(=O)NC1=O)C2=O. The highest BCUT2D eigenvalue weighted by Gasteiger charge is 2.45. The summed E-state index contributed by atoms with van der Waals surface area (Å²) in [5, 5.41) is 5.31. The lowest BCUT2D eigenvalue weighted by Crippen LogP contribution is -2.54. The molecule has 7 heteroatoms. The number of nitrogens with one attached hydrogen (secondary N) is 2. The average molecular weight is 331 g/mol. The monoisotopic (exact) mass is 331 g/mol. The third-order valence-corrected chi connectivity index (χ3v) is 4.21. The number of carbonyl (C=O) groups excluding carboxylic acids is 4. The Hall–Kier alpha value is -2.70. The Kier molecular flexibility index (Phi) is 3.98. The number of fused-ring (bicyclic) bond motifs is 1. The molecule has 2 N–H and O–H groups in total. The van der Waals surface area contributed by atoms with E-state index in [2.05, 4.69) is 10.6 Å². The highest BCUT2D eigenvalue weighted by atomic mass is 16.2. The van der Waals surface area contributed by atoms with Gasteiger partial charge in [0, 0.05) is 20.0 Å². The summed E-state index contributed by atoms with van der Waals surface area (Å²) in [6.07, 6.45) is 1.77. The lowest BCUT2D eigenvalue weighted by molar-refractivity contribution is -0.136. The van der Waals surface area contributed by atoms with E-state index in [1.165, 1.54) is 0 Å². The van der Waals surface area contributed by atoms with Gasteiger partial charge < -0.3 is 5.32 Å². The second-order valence-corrected chi connectivity index (χ2v) is 5.81. The molecule has 1 fully saturated rings. The van der Waals surface area contributed by atoms with E-state index in [4.69, 9.17) is 1.37 Å². The van der Waals surface area contributed by atoms with E-state index < -0.39 is 29.7 Å². The van der Waals surface area contributed by atoms with Crippen LogP contribution in [0, 0.1) is 0 Å². The summed E-state index contributed by atoms with van der Waals surface area (Å²) in [6, 6.07) is 4.01. The molecule has 1 aromatic carbocycles. The van der Waals surface area contributed by atoms with E-state index >= 15 is 0 Å². The summed E-state index contributed by atoms with van der Waals surface area (Å²) < 4.78 is 7.14. The molecule has 0 spiro atoms. The molecule has 1 saturated heterocycles. The van der Waals surface area contributed by atoms with Gasteiger partial charge in [0.15, 0.2) is 0 Å². The van der Waals surface area contributed by atoms with Crippen molar-refractivity contribution in [2.24, 2.45) is 0 Å². The normalized spacial score (nSPS) is 20.8. The van der Waals surface area contributed by atoms with Gasteiger partial charge in [-0.25, -0.2) is 0 Å². The van der Waals surface area contributed by atoms with Gasteiger partial charge in [0.1, 0.15) is 6.04 Å². The molecule has 2 aliphatic rings. The molecule has 3 rings (SSSR count). The van der Waals surface area contributed by atoms with Crippen LogP contribution in [0.5, 0.6) is 0 Å². The fraction of sp³-hybridized carbons (Fsp3) is 0.412. The van der Waals surface area contributed by atoms with Crippen LogP contribution in [0.25, 0.3) is 0 Å². The zero-order valence-corrected chi connectivity index (χ0v) is 13.1. The molecule has 7 nitrogen and oxygen atoms in total. The molecule has 0 radical (unpaired) electrons. The number of piperidine rings is 1. The van der Waals surface area contributed by atoms with Crippen LogP contribution in [-0.2, 0) is 9.59 Å². The minimum absolute atomic E-state index is 0.0992. The van der Waals surface area contributed by atoms with E-state index in [0.717, 1.165) is 17.7 Å². The van der Waals surface area contributed by atoms with Crippen molar-refractivity contribution in [3.63, 3.8) is 0 Å². The fourth-order valence-electron chi connectivity index (χ4n) is 3.01. The van der Waals surface area contributed by atoms with Crippen molar-refractivity contribution in [3.05, 3.63) is 29.3 Å². The number of anilines is 1. The van der Waals surface area contributed by atoms with Crippen LogP contribution in [0.3, 0.4) is 0 Å². The second kappa shape index (κ2) is 6.43. The maximum atomic E-state index is 12.8. The third kappa shape index (κ3) is 2.66. The van der Waals surface area contributed by atoms with E-state index in [0.29, 0.717) is 19.1 Å². The first-order valence-corrected chi connectivity index (χ1v) is 7.92. The lowest BCUT2D eigenvalue weighted by atomic mass is 10.0. The van der Waals surface area contributed by atoms with Gasteiger partial charge >= 0.3 is 0 Å². The number of hydrogen-bond acceptors (Lipinski definition) is 5. The summed E-state index contributed by atoms with van der Waals surface area (Å²) in [5.41, 5.74) is 1.08. The maximum Gasteiger partial charge on any atom is 0.264 e. The molecule has 0 aliphatic carbocycles. The van der Waals surface area contributed by atoms with Crippen LogP contribution in [-0.4, -0.2) is 41.1 Å². The Bertz CT molecular complexity index is 749. The maximum absolute atomic E-state index is 12.8. The Balaban J connectivity index is 1.84. The summed E-state index contributed by atoms with van der Waals surface area (Å²) in [5.74, 6) is -2.03. The number of nitrogens with zero attached hydrogens (tertiary/aromatic N) is 1. The van der Waals surface area contributed by atoms with Gasteiger partial charge in [-0.05, 0) is 25.0 Å². The van der Waals surface area contributed by atoms with Crippen molar-refractivity contribution in [2.45, 2.75) is 38.6 Å². The number of hydrogen-bond donors (Lipinski definition) is 2. The second-order valence-electron chi connectivity index (χ2n) is 5.81. The van der Waals surface area contributed by atoms with E-state index in [9.17, 15) is 19.2 Å². The quantitative estimate of drug-likeness (QED) is 0.626. The van der Waals surface area contributed by atoms with Gasteiger partial charge in [0.2, 0.25) is 11.8 Å². The first kappa shape index (κ1) is 14.9. The standard InChI is InChI=1S/C17H19N3O4/c1-2-3-9-18-11-6-4-5-10-14(11)17(24)20(16(10)23)12-7-8-13(21)19-15(12)22/h4-6,12,18H,2-3,7-9H2,1H3,(H,19,21,22)/i1T. The predicted octanol–water partition coefficient (Wildman–Crippen LogP) is 1.30. The van der Waals surface area contributed by atoms with Crippen molar-refractivity contribution >= 4 is 29.3 Å². The van der Waals surface area contributed by atoms with Gasteiger partial charge in [-0.2, -0.15) is 0 Å². The van der Waals surface area contributed by atoms with Crippen molar-refractivity contribution < 1.29 is 20.5 Å². The fourth-order valence-corrected chi connectivity index (χ4v) is 3.01. The summed E-state index contributed by atoms with van der Waals surface area (Å²) in [6.45, 7) is 0.935. The summed E-state index contributed by atoms with van der Waals surface area (Å²) in [4.78, 5) is 49.8. The van der Waals surface area contributed by atoms with E-state index in [-0.39, 0.29) is 24.0 Å².